The maximum atomic E-state index is 12.7. The van der Waals surface area contributed by atoms with E-state index in [0.717, 1.165) is 64.2 Å². The number of phosphoric ester groups is 1. The number of ether oxygens (including phenoxy) is 2. The average molecular weight is 852 g/mol. The van der Waals surface area contributed by atoms with Crippen LogP contribution in [0, 0.1) is 0 Å². The third-order valence-corrected chi connectivity index (χ3v) is 10.6. The standard InChI is InChI=1S/C48H86NO9P/c1-6-8-10-11-12-13-14-15-16-17-18-19-22-25-28-31-35-39-47(51)55-43-46(44-57-59(53,54)56-42-41-49(3,4)5)58-48(52)40-36-32-29-26-23-20-21-24-27-30-34-38-45(50)37-33-9-7-2/h15-16,20-21,26-27,29-30,34,38,45-46,50H,6-14,17-19,22-25,28,31-33,35-37,39-44H2,1-5H3/b16-15-,21-20-,29-26-,30-27-,38-34+/t45-,46+/m0/s1. The highest BCUT2D eigenvalue weighted by atomic mass is 31.2. The number of allylic oxidation sites excluding steroid dienone is 9. The molecule has 0 aromatic carbocycles. The molecule has 11 heteroatoms. The molecule has 0 aliphatic carbocycles. The molecule has 59 heavy (non-hydrogen) atoms. The molecule has 0 aliphatic heterocycles. The van der Waals surface area contributed by atoms with Gasteiger partial charge in [0, 0.05) is 12.8 Å². The number of carbonyl (C=O) groups excluding carboxylic acids is 2. The third-order valence-electron chi connectivity index (χ3n) is 9.61. The van der Waals surface area contributed by atoms with Crippen molar-refractivity contribution in [1.82, 2.24) is 0 Å². The van der Waals surface area contributed by atoms with Crippen molar-refractivity contribution in [2.45, 2.75) is 187 Å². The Morgan fingerprint density at radius 3 is 1.80 bits per heavy atom. The summed E-state index contributed by atoms with van der Waals surface area (Å²) in [6, 6.07) is 0. The van der Waals surface area contributed by atoms with Crippen LogP contribution in [0.15, 0.2) is 60.8 Å². The molecule has 0 fully saturated rings. The number of nitrogens with zero attached hydrogens (tertiary/aromatic N) is 1. The van der Waals surface area contributed by atoms with Gasteiger partial charge < -0.3 is 33.0 Å². The molecule has 0 saturated carbocycles. The Morgan fingerprint density at radius 1 is 0.627 bits per heavy atom. The van der Waals surface area contributed by atoms with E-state index in [0.29, 0.717) is 30.3 Å². The number of quaternary nitrogens is 1. The summed E-state index contributed by atoms with van der Waals surface area (Å²) >= 11 is 0. The Kier molecular flexibility index (Phi) is 38.2. The molecule has 3 atom stereocenters. The molecule has 0 aliphatic rings. The van der Waals surface area contributed by atoms with Crippen molar-refractivity contribution in [3.8, 4) is 0 Å². The zero-order valence-electron chi connectivity index (χ0n) is 38.0. The first kappa shape index (κ1) is 56.7. The van der Waals surface area contributed by atoms with E-state index in [-0.39, 0.29) is 32.2 Å². The molecule has 342 valence electrons. The van der Waals surface area contributed by atoms with Crippen LogP contribution in [0.4, 0.5) is 0 Å². The van der Waals surface area contributed by atoms with Gasteiger partial charge in [-0.25, -0.2) is 0 Å². The second-order valence-corrected chi connectivity index (χ2v) is 18.0. The maximum Gasteiger partial charge on any atom is 0.306 e. The maximum absolute atomic E-state index is 12.7. The quantitative estimate of drug-likeness (QED) is 0.0159. The van der Waals surface area contributed by atoms with Gasteiger partial charge in [-0.3, -0.25) is 14.2 Å². The van der Waals surface area contributed by atoms with Gasteiger partial charge in [0.15, 0.2) is 6.10 Å². The number of carbonyl (C=O) groups is 2. The molecular formula is C48H86NO9P. The molecule has 0 radical (unpaired) electrons. The van der Waals surface area contributed by atoms with Crippen molar-refractivity contribution in [3.63, 3.8) is 0 Å². The molecule has 0 aromatic rings. The van der Waals surface area contributed by atoms with Gasteiger partial charge >= 0.3 is 11.9 Å². The van der Waals surface area contributed by atoms with E-state index in [2.05, 4.69) is 38.2 Å². The second-order valence-electron chi connectivity index (χ2n) is 16.6. The average Bonchev–Trinajstić information content (AvgIpc) is 3.18. The number of aliphatic hydroxyl groups is 1. The number of esters is 2. The van der Waals surface area contributed by atoms with E-state index in [1.54, 1.807) is 0 Å². The van der Waals surface area contributed by atoms with E-state index in [1.165, 1.54) is 64.2 Å². The summed E-state index contributed by atoms with van der Waals surface area (Å²) in [7, 11) is 1.09. The van der Waals surface area contributed by atoms with Crippen molar-refractivity contribution < 1.29 is 47.2 Å². The second kappa shape index (κ2) is 39.8. The lowest BCUT2D eigenvalue weighted by atomic mass is 10.1. The zero-order valence-corrected chi connectivity index (χ0v) is 38.9. The van der Waals surface area contributed by atoms with Gasteiger partial charge in [0.2, 0.25) is 0 Å². The fourth-order valence-electron chi connectivity index (χ4n) is 5.93. The Labute approximate surface area is 360 Å². The van der Waals surface area contributed by atoms with E-state index in [1.807, 2.05) is 57.6 Å². The number of hydrogen-bond donors (Lipinski definition) is 1. The first-order valence-corrected chi connectivity index (χ1v) is 24.6. The summed E-state index contributed by atoms with van der Waals surface area (Å²) < 4.78 is 33.8. The predicted molar refractivity (Wildman–Crippen MR) is 242 cm³/mol. The predicted octanol–water partition coefficient (Wildman–Crippen LogP) is 11.6. The Bertz CT molecular complexity index is 1210. The number of hydrogen-bond acceptors (Lipinski definition) is 9. The highest BCUT2D eigenvalue weighted by Gasteiger charge is 2.21. The van der Waals surface area contributed by atoms with Crippen molar-refractivity contribution in [3.05, 3.63) is 60.8 Å². The van der Waals surface area contributed by atoms with E-state index in [4.69, 9.17) is 18.5 Å². The summed E-state index contributed by atoms with van der Waals surface area (Å²) in [5.74, 6) is -0.934. The van der Waals surface area contributed by atoms with Crippen molar-refractivity contribution in [2.24, 2.45) is 0 Å². The summed E-state index contributed by atoms with van der Waals surface area (Å²) in [5.41, 5.74) is 0. The van der Waals surface area contributed by atoms with Crippen LogP contribution in [0.5, 0.6) is 0 Å². The molecule has 0 bridgehead atoms. The number of rotatable bonds is 41. The minimum absolute atomic E-state index is 0.0521. The van der Waals surface area contributed by atoms with Gasteiger partial charge in [-0.1, -0.05) is 158 Å². The molecule has 1 N–H and O–H groups in total. The Hall–Kier alpha value is -2.33. The van der Waals surface area contributed by atoms with E-state index >= 15 is 0 Å². The topological polar surface area (TPSA) is 131 Å². The Morgan fingerprint density at radius 2 is 1.15 bits per heavy atom. The lowest BCUT2D eigenvalue weighted by molar-refractivity contribution is -0.870. The molecule has 0 aromatic heterocycles. The minimum Gasteiger partial charge on any atom is -0.756 e. The summed E-state index contributed by atoms with van der Waals surface area (Å²) in [6.45, 7) is 4.01. The van der Waals surface area contributed by atoms with Crippen LogP contribution >= 0.6 is 7.82 Å². The molecule has 0 heterocycles. The van der Waals surface area contributed by atoms with Crippen LogP contribution in [0.25, 0.3) is 0 Å². The van der Waals surface area contributed by atoms with Gasteiger partial charge in [0.05, 0.1) is 33.9 Å². The minimum atomic E-state index is -4.66. The van der Waals surface area contributed by atoms with Crippen molar-refractivity contribution >= 4 is 19.8 Å². The SMILES string of the molecule is CCCCCCCC/C=C\CCCCCCCCCC(=O)OC[C@H](COP(=O)([O-])OCC[N+](C)(C)C)OC(=O)CCC/C=C\C/C=C\C/C=C\C=C\[C@@H](O)CCCCC. The van der Waals surface area contributed by atoms with Crippen LogP contribution < -0.4 is 4.89 Å². The lowest BCUT2D eigenvalue weighted by Crippen LogP contribution is -2.37. The Balaban J connectivity index is 4.48. The summed E-state index contributed by atoms with van der Waals surface area (Å²) in [4.78, 5) is 37.6. The largest absolute Gasteiger partial charge is 0.756 e. The van der Waals surface area contributed by atoms with Crippen LogP contribution in [0.1, 0.15) is 174 Å². The monoisotopic (exact) mass is 852 g/mol. The number of unbranched alkanes of at least 4 members (excludes halogenated alkanes) is 16. The summed E-state index contributed by atoms with van der Waals surface area (Å²) in [5, 5.41) is 9.91. The molecule has 0 spiro atoms. The van der Waals surface area contributed by atoms with Gasteiger partial charge in [0.1, 0.15) is 19.8 Å². The van der Waals surface area contributed by atoms with Gasteiger partial charge in [-0.05, 0) is 64.2 Å². The molecule has 1 unspecified atom stereocenters. The fourth-order valence-corrected chi connectivity index (χ4v) is 6.66. The third kappa shape index (κ3) is 43.6. The smallest absolute Gasteiger partial charge is 0.306 e. The number of aliphatic hydroxyl groups excluding tert-OH is 1. The van der Waals surface area contributed by atoms with Gasteiger partial charge in [-0.2, -0.15) is 0 Å². The fraction of sp³-hybridized carbons (Fsp3) is 0.750. The van der Waals surface area contributed by atoms with Crippen LogP contribution in [-0.2, 0) is 32.7 Å². The number of phosphoric acid groups is 1. The molecule has 0 saturated heterocycles. The number of likely N-dealkylation sites (N-methyl/N-ethyl adjacent to an activating group) is 1. The molecular weight excluding hydrogens is 765 g/mol. The highest BCUT2D eigenvalue weighted by molar-refractivity contribution is 7.45. The van der Waals surface area contributed by atoms with Crippen molar-refractivity contribution in [1.29, 1.82) is 0 Å². The first-order valence-electron chi connectivity index (χ1n) is 23.1. The lowest BCUT2D eigenvalue weighted by Gasteiger charge is -2.28. The van der Waals surface area contributed by atoms with E-state index in [9.17, 15) is 24.2 Å². The van der Waals surface area contributed by atoms with Crippen molar-refractivity contribution in [2.75, 3.05) is 47.5 Å². The summed E-state index contributed by atoms with van der Waals surface area (Å²) in [6.07, 6.45) is 44.3. The van der Waals surface area contributed by atoms with Crippen LogP contribution in [-0.4, -0.2) is 81.2 Å². The highest BCUT2D eigenvalue weighted by Crippen LogP contribution is 2.38. The molecule has 0 rings (SSSR count). The van der Waals surface area contributed by atoms with Crippen LogP contribution in [0.3, 0.4) is 0 Å². The molecule has 10 nitrogen and oxygen atoms in total. The zero-order chi connectivity index (χ0) is 43.7. The first-order chi connectivity index (χ1) is 28.4. The van der Waals surface area contributed by atoms with Gasteiger partial charge in [-0.15, -0.1) is 0 Å². The molecule has 0 amide bonds. The normalized spacial score (nSPS) is 14.6. The van der Waals surface area contributed by atoms with E-state index < -0.39 is 32.5 Å². The van der Waals surface area contributed by atoms with Gasteiger partial charge in [0.25, 0.3) is 7.82 Å². The van der Waals surface area contributed by atoms with Crippen LogP contribution in [0.2, 0.25) is 0 Å².